The lowest BCUT2D eigenvalue weighted by Gasteiger charge is -2.35. The number of hydrogen-bond acceptors (Lipinski definition) is 3. The Bertz CT molecular complexity index is 395. The molecule has 0 bridgehead atoms. The van der Waals surface area contributed by atoms with Gasteiger partial charge >= 0.3 is 0 Å². The largest absolute Gasteiger partial charge is 0.316 e. The summed E-state index contributed by atoms with van der Waals surface area (Å²) in [6.07, 6.45) is 0. The Balaban J connectivity index is 1.86. The summed E-state index contributed by atoms with van der Waals surface area (Å²) < 4.78 is 0. The molecule has 112 valence electrons. The van der Waals surface area contributed by atoms with E-state index in [2.05, 4.69) is 53.2 Å². The highest BCUT2D eigenvalue weighted by Crippen LogP contribution is 2.14. The van der Waals surface area contributed by atoms with Gasteiger partial charge in [0, 0.05) is 45.8 Å². The monoisotopic (exact) mass is 275 g/mol. The van der Waals surface area contributed by atoms with E-state index in [0.717, 1.165) is 19.0 Å². The van der Waals surface area contributed by atoms with Gasteiger partial charge < -0.3 is 10.2 Å². The highest BCUT2D eigenvalue weighted by molar-refractivity contribution is 5.27. The number of benzene rings is 1. The van der Waals surface area contributed by atoms with Crippen LogP contribution in [0.3, 0.4) is 0 Å². The van der Waals surface area contributed by atoms with Gasteiger partial charge in [0.1, 0.15) is 0 Å². The van der Waals surface area contributed by atoms with Crippen molar-refractivity contribution in [3.8, 4) is 0 Å². The van der Waals surface area contributed by atoms with Crippen LogP contribution in [0.1, 0.15) is 25.0 Å². The molecule has 1 aromatic rings. The van der Waals surface area contributed by atoms with Crippen molar-refractivity contribution in [2.24, 2.45) is 5.92 Å². The zero-order chi connectivity index (χ0) is 14.4. The summed E-state index contributed by atoms with van der Waals surface area (Å²) >= 11 is 0. The number of nitrogens with one attached hydrogen (secondary N) is 1. The minimum atomic E-state index is 0.776. The highest BCUT2D eigenvalue weighted by atomic mass is 15.3. The lowest BCUT2D eigenvalue weighted by atomic mass is 10.1. The minimum absolute atomic E-state index is 0.776. The van der Waals surface area contributed by atoms with Crippen LogP contribution in [0.5, 0.6) is 0 Å². The van der Waals surface area contributed by atoms with Crippen LogP contribution in [-0.2, 0) is 13.1 Å². The first-order chi connectivity index (χ1) is 9.69. The third-order valence-corrected chi connectivity index (χ3v) is 3.97. The second-order valence-electron chi connectivity index (χ2n) is 6.27. The molecule has 1 heterocycles. The lowest BCUT2D eigenvalue weighted by Crippen LogP contribution is -2.47. The molecule has 0 aliphatic carbocycles. The first kappa shape index (κ1) is 15.5. The topological polar surface area (TPSA) is 18.5 Å². The van der Waals surface area contributed by atoms with Gasteiger partial charge in [0.25, 0.3) is 0 Å². The van der Waals surface area contributed by atoms with Gasteiger partial charge in [0.15, 0.2) is 0 Å². The Morgan fingerprint density at radius 1 is 1.00 bits per heavy atom. The molecule has 0 spiro atoms. The van der Waals surface area contributed by atoms with Gasteiger partial charge in [-0.05, 0) is 24.1 Å². The van der Waals surface area contributed by atoms with Crippen molar-refractivity contribution in [2.45, 2.75) is 26.9 Å². The Morgan fingerprint density at radius 3 is 2.20 bits per heavy atom. The fourth-order valence-electron chi connectivity index (χ4n) is 2.96. The van der Waals surface area contributed by atoms with E-state index < -0.39 is 0 Å². The van der Waals surface area contributed by atoms with Gasteiger partial charge in [-0.2, -0.15) is 0 Å². The van der Waals surface area contributed by atoms with Gasteiger partial charge in [-0.1, -0.05) is 38.1 Å². The van der Waals surface area contributed by atoms with Crippen LogP contribution in [0.2, 0.25) is 0 Å². The number of hydrogen-bond donors (Lipinski definition) is 1. The quantitative estimate of drug-likeness (QED) is 0.858. The second-order valence-corrected chi connectivity index (χ2v) is 6.27. The van der Waals surface area contributed by atoms with E-state index in [9.17, 15) is 0 Å². The zero-order valence-electron chi connectivity index (χ0n) is 13.2. The molecule has 0 amide bonds. The van der Waals surface area contributed by atoms with E-state index in [1.807, 2.05) is 7.05 Å². The standard InChI is InChI=1S/C17H29N3/c1-15(2)13-19-8-10-20(11-9-19)14-17-7-5-4-6-16(17)12-18-3/h4-7,15,18H,8-14H2,1-3H3. The maximum atomic E-state index is 3.26. The van der Waals surface area contributed by atoms with Crippen molar-refractivity contribution < 1.29 is 0 Å². The maximum Gasteiger partial charge on any atom is 0.0238 e. The first-order valence-corrected chi connectivity index (χ1v) is 7.85. The van der Waals surface area contributed by atoms with E-state index in [0.29, 0.717) is 0 Å². The minimum Gasteiger partial charge on any atom is -0.316 e. The van der Waals surface area contributed by atoms with Gasteiger partial charge in [0.05, 0.1) is 0 Å². The van der Waals surface area contributed by atoms with Crippen LogP contribution in [0.4, 0.5) is 0 Å². The summed E-state index contributed by atoms with van der Waals surface area (Å²) in [5.41, 5.74) is 2.90. The highest BCUT2D eigenvalue weighted by Gasteiger charge is 2.18. The van der Waals surface area contributed by atoms with Crippen molar-refractivity contribution in [3.63, 3.8) is 0 Å². The average Bonchev–Trinajstić information content (AvgIpc) is 2.43. The van der Waals surface area contributed by atoms with Crippen LogP contribution < -0.4 is 5.32 Å². The predicted molar refractivity (Wildman–Crippen MR) is 85.8 cm³/mol. The number of piperazine rings is 1. The zero-order valence-corrected chi connectivity index (χ0v) is 13.2. The Hall–Kier alpha value is -0.900. The fraction of sp³-hybridized carbons (Fsp3) is 0.647. The van der Waals surface area contributed by atoms with Crippen LogP contribution in [0.15, 0.2) is 24.3 Å². The van der Waals surface area contributed by atoms with E-state index >= 15 is 0 Å². The first-order valence-electron chi connectivity index (χ1n) is 7.85. The molecule has 1 N–H and O–H groups in total. The van der Waals surface area contributed by atoms with E-state index in [-0.39, 0.29) is 0 Å². The summed E-state index contributed by atoms with van der Waals surface area (Å²) in [6, 6.07) is 8.80. The molecule has 1 aromatic carbocycles. The van der Waals surface area contributed by atoms with Crippen LogP contribution in [-0.4, -0.2) is 49.6 Å². The molecule has 1 fully saturated rings. The van der Waals surface area contributed by atoms with Crippen LogP contribution in [0.25, 0.3) is 0 Å². The Labute approximate surface area is 124 Å². The van der Waals surface area contributed by atoms with Gasteiger partial charge in [-0.15, -0.1) is 0 Å². The molecular weight excluding hydrogens is 246 g/mol. The third kappa shape index (κ3) is 4.58. The molecule has 3 heteroatoms. The van der Waals surface area contributed by atoms with Crippen molar-refractivity contribution >= 4 is 0 Å². The molecular formula is C17H29N3. The molecule has 0 unspecified atom stereocenters. The van der Waals surface area contributed by atoms with Crippen molar-refractivity contribution in [1.82, 2.24) is 15.1 Å². The van der Waals surface area contributed by atoms with Crippen molar-refractivity contribution in [3.05, 3.63) is 35.4 Å². The van der Waals surface area contributed by atoms with E-state index in [1.54, 1.807) is 0 Å². The smallest absolute Gasteiger partial charge is 0.0238 e. The lowest BCUT2D eigenvalue weighted by molar-refractivity contribution is 0.117. The molecule has 0 aromatic heterocycles. The summed E-state index contributed by atoms with van der Waals surface area (Å²) in [5, 5.41) is 3.26. The van der Waals surface area contributed by atoms with Crippen LogP contribution in [0, 0.1) is 5.92 Å². The second kappa shape index (κ2) is 7.77. The molecule has 0 atom stereocenters. The Kier molecular flexibility index (Phi) is 6.02. The summed E-state index contributed by atoms with van der Waals surface area (Å²) in [4.78, 5) is 5.19. The van der Waals surface area contributed by atoms with Gasteiger partial charge in [-0.3, -0.25) is 4.90 Å². The summed E-state index contributed by atoms with van der Waals surface area (Å²) in [5.74, 6) is 0.776. The third-order valence-electron chi connectivity index (χ3n) is 3.97. The number of nitrogens with zero attached hydrogens (tertiary/aromatic N) is 2. The van der Waals surface area contributed by atoms with E-state index in [4.69, 9.17) is 0 Å². The normalized spacial score (nSPS) is 17.8. The van der Waals surface area contributed by atoms with Gasteiger partial charge in [0.2, 0.25) is 0 Å². The Morgan fingerprint density at radius 2 is 1.60 bits per heavy atom. The van der Waals surface area contributed by atoms with Crippen molar-refractivity contribution in [1.29, 1.82) is 0 Å². The maximum absolute atomic E-state index is 3.26. The van der Waals surface area contributed by atoms with E-state index in [1.165, 1.54) is 43.9 Å². The molecule has 1 aliphatic heterocycles. The summed E-state index contributed by atoms with van der Waals surface area (Å²) in [7, 11) is 2.02. The molecule has 3 nitrogen and oxygen atoms in total. The SMILES string of the molecule is CNCc1ccccc1CN1CCN(CC(C)C)CC1. The fourth-order valence-corrected chi connectivity index (χ4v) is 2.96. The van der Waals surface area contributed by atoms with Gasteiger partial charge in [-0.25, -0.2) is 0 Å². The molecule has 2 rings (SSSR count). The number of rotatable bonds is 6. The summed E-state index contributed by atoms with van der Waals surface area (Å²) in [6.45, 7) is 12.7. The average molecular weight is 275 g/mol. The molecule has 1 saturated heterocycles. The van der Waals surface area contributed by atoms with Crippen molar-refractivity contribution in [2.75, 3.05) is 39.8 Å². The molecule has 20 heavy (non-hydrogen) atoms. The molecule has 0 saturated carbocycles. The van der Waals surface area contributed by atoms with Crippen LogP contribution >= 0.6 is 0 Å². The predicted octanol–water partition coefficient (Wildman–Crippen LogP) is 2.18. The molecule has 0 radical (unpaired) electrons. The molecule has 1 aliphatic rings.